The number of aryl methyl sites for hydroxylation is 1. The van der Waals surface area contributed by atoms with Crippen LogP contribution in [0.1, 0.15) is 43.1 Å². The highest BCUT2D eigenvalue weighted by Crippen LogP contribution is 2.28. The predicted octanol–water partition coefficient (Wildman–Crippen LogP) is 0.950. The van der Waals surface area contributed by atoms with Gasteiger partial charge in [0.1, 0.15) is 11.6 Å². The molecule has 8 nitrogen and oxygen atoms in total. The molecule has 3 aliphatic heterocycles. The molecule has 3 aliphatic rings. The van der Waals surface area contributed by atoms with Gasteiger partial charge in [0.25, 0.3) is 0 Å². The van der Waals surface area contributed by atoms with Crippen molar-refractivity contribution < 1.29 is 14.3 Å². The Morgan fingerprint density at radius 3 is 2.57 bits per heavy atom. The van der Waals surface area contributed by atoms with Gasteiger partial charge in [-0.2, -0.15) is 0 Å². The van der Waals surface area contributed by atoms with Gasteiger partial charge in [-0.3, -0.25) is 9.59 Å². The lowest BCUT2D eigenvalue weighted by Crippen LogP contribution is -2.44. The molecule has 0 spiro atoms. The summed E-state index contributed by atoms with van der Waals surface area (Å²) in [7, 11) is 0. The van der Waals surface area contributed by atoms with Gasteiger partial charge in [-0.25, -0.2) is 9.97 Å². The zero-order chi connectivity index (χ0) is 19.5. The van der Waals surface area contributed by atoms with Gasteiger partial charge in [0, 0.05) is 56.8 Å². The van der Waals surface area contributed by atoms with Crippen LogP contribution in [0.4, 0.5) is 5.82 Å². The third-order valence-electron chi connectivity index (χ3n) is 5.90. The number of amides is 2. The highest BCUT2D eigenvalue weighted by molar-refractivity contribution is 5.85. The number of carbonyl (C=O) groups is 2. The van der Waals surface area contributed by atoms with Crippen LogP contribution in [0, 0.1) is 6.92 Å². The fraction of sp³-hybridized carbons (Fsp3) is 0.700. The second kappa shape index (κ2) is 8.43. The van der Waals surface area contributed by atoms with E-state index in [0.29, 0.717) is 26.1 Å². The molecule has 28 heavy (non-hydrogen) atoms. The van der Waals surface area contributed by atoms with E-state index in [1.165, 1.54) is 0 Å². The average molecular weight is 387 g/mol. The lowest BCUT2D eigenvalue weighted by atomic mass is 9.95. The number of hydrogen-bond acceptors (Lipinski definition) is 6. The van der Waals surface area contributed by atoms with Gasteiger partial charge in [0.2, 0.25) is 11.8 Å². The molecule has 0 radical (unpaired) electrons. The molecule has 1 aromatic rings. The number of morpholine rings is 1. The van der Waals surface area contributed by atoms with Crippen LogP contribution in [0.15, 0.2) is 6.07 Å². The highest BCUT2D eigenvalue weighted by atomic mass is 16.5. The number of likely N-dealkylation sites (tertiary alicyclic amines) is 2. The van der Waals surface area contributed by atoms with Crippen LogP contribution in [-0.2, 0) is 14.3 Å². The lowest BCUT2D eigenvalue weighted by Gasteiger charge is -2.33. The SMILES string of the molecule is Cc1cc(N2CCOCC2)nc(C2CCN(C(=O)CN3CCCC3=O)CC2)n1. The van der Waals surface area contributed by atoms with E-state index in [2.05, 4.69) is 9.88 Å². The summed E-state index contributed by atoms with van der Waals surface area (Å²) in [5.74, 6) is 2.32. The van der Waals surface area contributed by atoms with Crippen molar-refractivity contribution in [1.29, 1.82) is 0 Å². The maximum absolute atomic E-state index is 12.5. The van der Waals surface area contributed by atoms with E-state index in [1.807, 2.05) is 17.9 Å². The molecule has 0 N–H and O–H groups in total. The van der Waals surface area contributed by atoms with Gasteiger partial charge in [-0.1, -0.05) is 0 Å². The number of anilines is 1. The third kappa shape index (κ3) is 4.27. The monoisotopic (exact) mass is 387 g/mol. The van der Waals surface area contributed by atoms with Crippen molar-refractivity contribution >= 4 is 17.6 Å². The van der Waals surface area contributed by atoms with Crippen LogP contribution in [0.5, 0.6) is 0 Å². The Labute approximate surface area is 165 Å². The largest absolute Gasteiger partial charge is 0.378 e. The summed E-state index contributed by atoms with van der Waals surface area (Å²) in [4.78, 5) is 39.7. The summed E-state index contributed by atoms with van der Waals surface area (Å²) in [5, 5.41) is 0. The van der Waals surface area contributed by atoms with Crippen LogP contribution in [0.2, 0.25) is 0 Å². The summed E-state index contributed by atoms with van der Waals surface area (Å²) < 4.78 is 5.44. The summed E-state index contributed by atoms with van der Waals surface area (Å²) >= 11 is 0. The van der Waals surface area contributed by atoms with E-state index in [1.54, 1.807) is 4.90 Å². The average Bonchev–Trinajstić information content (AvgIpc) is 3.13. The van der Waals surface area contributed by atoms with Crippen molar-refractivity contribution in [3.05, 3.63) is 17.6 Å². The first-order valence-corrected chi connectivity index (χ1v) is 10.3. The quantitative estimate of drug-likeness (QED) is 0.765. The van der Waals surface area contributed by atoms with E-state index in [4.69, 9.17) is 9.72 Å². The van der Waals surface area contributed by atoms with Crippen LogP contribution >= 0.6 is 0 Å². The Kier molecular flexibility index (Phi) is 5.75. The molecule has 0 aliphatic carbocycles. The van der Waals surface area contributed by atoms with Gasteiger partial charge in [-0.05, 0) is 26.2 Å². The number of rotatable bonds is 4. The van der Waals surface area contributed by atoms with E-state index < -0.39 is 0 Å². The summed E-state index contributed by atoms with van der Waals surface area (Å²) in [5.41, 5.74) is 0.984. The predicted molar refractivity (Wildman–Crippen MR) is 104 cm³/mol. The number of aromatic nitrogens is 2. The Morgan fingerprint density at radius 2 is 1.89 bits per heavy atom. The summed E-state index contributed by atoms with van der Waals surface area (Å²) in [6, 6.07) is 2.04. The molecule has 0 bridgehead atoms. The number of carbonyl (C=O) groups excluding carboxylic acids is 2. The molecular weight excluding hydrogens is 358 g/mol. The molecule has 4 rings (SSSR count). The minimum Gasteiger partial charge on any atom is -0.378 e. The fourth-order valence-electron chi connectivity index (χ4n) is 4.23. The first-order valence-electron chi connectivity index (χ1n) is 10.3. The van der Waals surface area contributed by atoms with Gasteiger partial charge in [-0.15, -0.1) is 0 Å². The van der Waals surface area contributed by atoms with Crippen molar-refractivity contribution in [1.82, 2.24) is 19.8 Å². The molecule has 8 heteroatoms. The zero-order valence-corrected chi connectivity index (χ0v) is 16.6. The van der Waals surface area contributed by atoms with E-state index >= 15 is 0 Å². The molecule has 1 aromatic heterocycles. The van der Waals surface area contributed by atoms with E-state index in [-0.39, 0.29) is 24.3 Å². The number of ether oxygens (including phenoxy) is 1. The minimum absolute atomic E-state index is 0.0628. The topological polar surface area (TPSA) is 78.9 Å². The van der Waals surface area contributed by atoms with Crippen molar-refractivity contribution in [3.63, 3.8) is 0 Å². The van der Waals surface area contributed by atoms with Crippen LogP contribution in [0.25, 0.3) is 0 Å². The zero-order valence-electron chi connectivity index (χ0n) is 16.6. The second-order valence-corrected chi connectivity index (χ2v) is 7.90. The maximum atomic E-state index is 12.5. The summed E-state index contributed by atoms with van der Waals surface area (Å²) in [6.45, 7) is 7.55. The first kappa shape index (κ1) is 19.1. The van der Waals surface area contributed by atoms with Gasteiger partial charge in [0.05, 0.1) is 19.8 Å². The van der Waals surface area contributed by atoms with E-state index in [9.17, 15) is 9.59 Å². The number of nitrogens with zero attached hydrogens (tertiary/aromatic N) is 5. The van der Waals surface area contributed by atoms with Crippen LogP contribution in [0.3, 0.4) is 0 Å². The van der Waals surface area contributed by atoms with Crippen molar-refractivity contribution in [3.8, 4) is 0 Å². The molecule has 2 amide bonds. The number of piperidine rings is 1. The van der Waals surface area contributed by atoms with E-state index in [0.717, 1.165) is 62.9 Å². The van der Waals surface area contributed by atoms with Gasteiger partial charge < -0.3 is 19.4 Å². The Bertz CT molecular complexity index is 727. The molecule has 3 fully saturated rings. The van der Waals surface area contributed by atoms with Gasteiger partial charge in [0.15, 0.2) is 0 Å². The molecule has 0 unspecified atom stereocenters. The Balaban J connectivity index is 1.36. The molecule has 4 heterocycles. The molecule has 0 atom stereocenters. The number of hydrogen-bond donors (Lipinski definition) is 0. The molecule has 0 saturated carbocycles. The first-order chi connectivity index (χ1) is 13.6. The maximum Gasteiger partial charge on any atom is 0.242 e. The Morgan fingerprint density at radius 1 is 1.14 bits per heavy atom. The molecule has 0 aromatic carbocycles. The minimum atomic E-state index is 0.0628. The fourth-order valence-corrected chi connectivity index (χ4v) is 4.23. The standard InChI is InChI=1S/C20H29N5O3/c1-15-13-17(23-9-11-28-12-10-23)22-20(21-15)16-4-7-24(8-5-16)19(27)14-25-6-2-3-18(25)26/h13,16H,2-12,14H2,1H3. The molecule has 152 valence electrons. The van der Waals surface area contributed by atoms with Gasteiger partial charge >= 0.3 is 0 Å². The van der Waals surface area contributed by atoms with Crippen molar-refractivity contribution in [2.24, 2.45) is 0 Å². The molecule has 3 saturated heterocycles. The highest BCUT2D eigenvalue weighted by Gasteiger charge is 2.29. The second-order valence-electron chi connectivity index (χ2n) is 7.90. The normalized spacial score (nSPS) is 21.5. The van der Waals surface area contributed by atoms with Crippen LogP contribution in [-0.4, -0.2) is 84.1 Å². The van der Waals surface area contributed by atoms with Crippen molar-refractivity contribution in [2.45, 2.75) is 38.5 Å². The smallest absolute Gasteiger partial charge is 0.242 e. The lowest BCUT2D eigenvalue weighted by molar-refractivity contribution is -0.139. The third-order valence-corrected chi connectivity index (χ3v) is 5.90. The van der Waals surface area contributed by atoms with Crippen LogP contribution < -0.4 is 4.90 Å². The Hall–Kier alpha value is -2.22. The van der Waals surface area contributed by atoms with Crippen molar-refractivity contribution in [2.75, 3.05) is 57.4 Å². The summed E-state index contributed by atoms with van der Waals surface area (Å²) in [6.07, 6.45) is 3.17. The molecular formula is C20H29N5O3.